The predicted octanol–water partition coefficient (Wildman–Crippen LogP) is 2.55. The normalized spacial score (nSPS) is 18.7. The molecule has 6 heteroatoms. The number of aliphatic carboxylic acids is 1. The maximum atomic E-state index is 11.8. The zero-order valence-corrected chi connectivity index (χ0v) is 13.6. The molecule has 1 N–H and O–H groups in total. The van der Waals surface area contributed by atoms with Crippen LogP contribution in [-0.2, 0) is 23.2 Å². The molecular weight excluding hydrogens is 294 g/mol. The van der Waals surface area contributed by atoms with E-state index in [1.54, 1.807) is 0 Å². The van der Waals surface area contributed by atoms with Gasteiger partial charge in [-0.1, -0.05) is 50.2 Å². The number of carboxylic acid groups (broad SMARTS) is 1. The third-order valence-electron chi connectivity index (χ3n) is 4.07. The van der Waals surface area contributed by atoms with E-state index in [-0.39, 0.29) is 5.41 Å². The van der Waals surface area contributed by atoms with Gasteiger partial charge in [0.25, 0.3) is 0 Å². The summed E-state index contributed by atoms with van der Waals surface area (Å²) in [6, 6.07) is 7.04. The fourth-order valence-corrected chi connectivity index (χ4v) is 2.88. The van der Waals surface area contributed by atoms with Crippen molar-refractivity contribution in [2.24, 2.45) is 0 Å². The number of hydrogen-bond acceptors (Lipinski definition) is 5. The molecule has 1 aromatic heterocycles. The van der Waals surface area contributed by atoms with E-state index in [1.165, 1.54) is 0 Å². The molecule has 1 aliphatic rings. The van der Waals surface area contributed by atoms with Gasteiger partial charge < -0.3 is 9.63 Å². The van der Waals surface area contributed by atoms with Gasteiger partial charge >= 0.3 is 5.97 Å². The van der Waals surface area contributed by atoms with Gasteiger partial charge in [0.05, 0.1) is 6.54 Å². The summed E-state index contributed by atoms with van der Waals surface area (Å²) >= 11 is 0. The second-order valence-electron chi connectivity index (χ2n) is 6.93. The summed E-state index contributed by atoms with van der Waals surface area (Å²) in [5, 5.41) is 13.7. The fourth-order valence-electron chi connectivity index (χ4n) is 2.88. The Morgan fingerprint density at radius 1 is 1.39 bits per heavy atom. The third-order valence-corrected chi connectivity index (χ3v) is 4.07. The highest BCUT2D eigenvalue weighted by Gasteiger charge is 2.34. The molecule has 1 aliphatic heterocycles. The van der Waals surface area contributed by atoms with Crippen LogP contribution in [0.15, 0.2) is 28.8 Å². The summed E-state index contributed by atoms with van der Waals surface area (Å²) in [4.78, 5) is 18.1. The lowest BCUT2D eigenvalue weighted by Gasteiger charge is -2.33. The summed E-state index contributed by atoms with van der Waals surface area (Å²) in [7, 11) is 0. The summed E-state index contributed by atoms with van der Waals surface area (Å²) in [6.07, 6.45) is 0.823. The first-order valence-corrected chi connectivity index (χ1v) is 7.74. The molecule has 0 radical (unpaired) electrons. The van der Waals surface area contributed by atoms with Crippen molar-refractivity contribution in [3.05, 3.63) is 47.1 Å². The van der Waals surface area contributed by atoms with Gasteiger partial charge in [-0.05, 0) is 17.5 Å². The number of carboxylic acids is 1. The van der Waals surface area contributed by atoms with E-state index in [0.717, 1.165) is 17.5 Å². The molecule has 0 saturated carbocycles. The number of benzene rings is 1. The van der Waals surface area contributed by atoms with Crippen LogP contribution >= 0.6 is 0 Å². The maximum Gasteiger partial charge on any atom is 0.325 e. The Kier molecular flexibility index (Phi) is 3.93. The quantitative estimate of drug-likeness (QED) is 0.937. The van der Waals surface area contributed by atoms with Crippen LogP contribution in [0.2, 0.25) is 0 Å². The fraction of sp³-hybridized carbons (Fsp3) is 0.471. The SMILES string of the molecule is CC(C)(C)c1nc(CN2CCc3ccccc3C2C(=O)O)no1. The smallest absolute Gasteiger partial charge is 0.325 e. The molecule has 1 atom stereocenters. The molecule has 3 rings (SSSR count). The van der Waals surface area contributed by atoms with E-state index >= 15 is 0 Å². The second-order valence-corrected chi connectivity index (χ2v) is 6.93. The number of fused-ring (bicyclic) bond motifs is 1. The van der Waals surface area contributed by atoms with Crippen molar-refractivity contribution in [3.8, 4) is 0 Å². The minimum absolute atomic E-state index is 0.216. The molecule has 1 aromatic carbocycles. The summed E-state index contributed by atoms with van der Waals surface area (Å²) < 4.78 is 5.30. The second kappa shape index (κ2) is 5.77. The average molecular weight is 315 g/mol. The van der Waals surface area contributed by atoms with Gasteiger partial charge in [0, 0.05) is 12.0 Å². The van der Waals surface area contributed by atoms with E-state index in [1.807, 2.05) is 49.9 Å². The molecule has 0 spiro atoms. The van der Waals surface area contributed by atoms with Gasteiger partial charge in [0.1, 0.15) is 6.04 Å². The van der Waals surface area contributed by atoms with E-state index in [4.69, 9.17) is 4.52 Å². The Morgan fingerprint density at radius 3 is 2.78 bits per heavy atom. The molecule has 0 bridgehead atoms. The zero-order valence-electron chi connectivity index (χ0n) is 13.6. The molecule has 6 nitrogen and oxygen atoms in total. The molecule has 0 saturated heterocycles. The minimum Gasteiger partial charge on any atom is -0.480 e. The number of carbonyl (C=O) groups is 1. The number of nitrogens with zero attached hydrogens (tertiary/aromatic N) is 3. The van der Waals surface area contributed by atoms with Gasteiger partial charge in [0.15, 0.2) is 5.82 Å². The van der Waals surface area contributed by atoms with Gasteiger partial charge in [0.2, 0.25) is 5.89 Å². The van der Waals surface area contributed by atoms with Gasteiger partial charge in [-0.15, -0.1) is 0 Å². The van der Waals surface area contributed by atoms with E-state index in [0.29, 0.717) is 24.8 Å². The average Bonchev–Trinajstić information content (AvgIpc) is 2.95. The van der Waals surface area contributed by atoms with Crippen LogP contribution in [0.4, 0.5) is 0 Å². The van der Waals surface area contributed by atoms with Crippen molar-refractivity contribution in [1.29, 1.82) is 0 Å². The lowest BCUT2D eigenvalue weighted by Crippen LogP contribution is -2.39. The number of aromatic nitrogens is 2. The van der Waals surface area contributed by atoms with E-state index < -0.39 is 12.0 Å². The first-order chi connectivity index (χ1) is 10.9. The highest BCUT2D eigenvalue weighted by molar-refractivity contribution is 5.76. The van der Waals surface area contributed by atoms with Gasteiger partial charge in [-0.2, -0.15) is 4.98 Å². The highest BCUT2D eigenvalue weighted by Crippen LogP contribution is 2.31. The van der Waals surface area contributed by atoms with Crippen molar-refractivity contribution >= 4 is 5.97 Å². The van der Waals surface area contributed by atoms with Crippen LogP contribution < -0.4 is 0 Å². The summed E-state index contributed by atoms with van der Waals surface area (Å²) in [5.74, 6) is 0.244. The standard InChI is InChI=1S/C17H21N3O3/c1-17(2,3)16-18-13(19-23-16)10-20-9-8-11-6-4-5-7-12(11)14(20)15(21)22/h4-7,14H,8-10H2,1-3H3,(H,21,22). The highest BCUT2D eigenvalue weighted by atomic mass is 16.5. The Balaban J connectivity index is 1.85. The first-order valence-electron chi connectivity index (χ1n) is 7.74. The zero-order chi connectivity index (χ0) is 16.6. The minimum atomic E-state index is -0.850. The van der Waals surface area contributed by atoms with E-state index in [2.05, 4.69) is 10.1 Å². The Morgan fingerprint density at radius 2 is 2.13 bits per heavy atom. The molecule has 23 heavy (non-hydrogen) atoms. The molecule has 2 aromatic rings. The summed E-state index contributed by atoms with van der Waals surface area (Å²) in [5.41, 5.74) is 1.73. The van der Waals surface area contributed by atoms with E-state index in [9.17, 15) is 9.90 Å². The van der Waals surface area contributed by atoms with Crippen molar-refractivity contribution < 1.29 is 14.4 Å². The topological polar surface area (TPSA) is 79.5 Å². The lowest BCUT2D eigenvalue weighted by atomic mass is 9.92. The van der Waals surface area contributed by atoms with Gasteiger partial charge in [-0.25, -0.2) is 0 Å². The lowest BCUT2D eigenvalue weighted by molar-refractivity contribution is -0.144. The molecule has 0 amide bonds. The van der Waals surface area contributed by atoms with Crippen LogP contribution in [0, 0.1) is 0 Å². The van der Waals surface area contributed by atoms with Crippen LogP contribution in [0.25, 0.3) is 0 Å². The molecule has 2 heterocycles. The van der Waals surface area contributed by atoms with Crippen LogP contribution in [0.3, 0.4) is 0 Å². The van der Waals surface area contributed by atoms with Crippen LogP contribution in [-0.4, -0.2) is 32.7 Å². The monoisotopic (exact) mass is 315 g/mol. The van der Waals surface area contributed by atoms with Crippen molar-refractivity contribution in [1.82, 2.24) is 15.0 Å². The molecule has 122 valence electrons. The Bertz CT molecular complexity index is 718. The molecular formula is C17H21N3O3. The maximum absolute atomic E-state index is 11.8. The molecule has 0 aliphatic carbocycles. The van der Waals surface area contributed by atoms with Crippen LogP contribution in [0.5, 0.6) is 0 Å². The Hall–Kier alpha value is -2.21. The van der Waals surface area contributed by atoms with Crippen molar-refractivity contribution in [2.75, 3.05) is 6.54 Å². The van der Waals surface area contributed by atoms with Crippen molar-refractivity contribution in [3.63, 3.8) is 0 Å². The first kappa shape index (κ1) is 15.7. The molecule has 0 fully saturated rings. The number of rotatable bonds is 3. The Labute approximate surface area is 135 Å². The third kappa shape index (κ3) is 3.12. The summed E-state index contributed by atoms with van der Waals surface area (Å²) in [6.45, 7) is 7.03. The molecule has 1 unspecified atom stereocenters. The van der Waals surface area contributed by atoms with Crippen molar-refractivity contribution in [2.45, 2.75) is 45.2 Å². The number of hydrogen-bond donors (Lipinski definition) is 1. The largest absolute Gasteiger partial charge is 0.480 e. The van der Waals surface area contributed by atoms with Crippen LogP contribution in [0.1, 0.15) is 49.7 Å². The predicted molar refractivity (Wildman–Crippen MR) is 83.9 cm³/mol. The van der Waals surface area contributed by atoms with Gasteiger partial charge in [-0.3, -0.25) is 9.69 Å².